The molecule has 0 aliphatic carbocycles. The standard InChI is InChI=1S/C21H19N3O/c1-14-6-3-9-18(15(14)2)21(25)17-8-4-7-16(12-17)19-13-20-22-10-5-11-24(20)23-19/h3-13,21,25H,1-2H3. The van der Waals surface area contributed by atoms with Crippen LogP contribution in [0.5, 0.6) is 0 Å². The third-order valence-corrected chi connectivity index (χ3v) is 4.68. The van der Waals surface area contributed by atoms with Gasteiger partial charge in [0.15, 0.2) is 5.65 Å². The molecule has 0 aliphatic heterocycles. The van der Waals surface area contributed by atoms with Gasteiger partial charge >= 0.3 is 0 Å². The quantitative estimate of drug-likeness (QED) is 0.616. The molecule has 0 fully saturated rings. The normalized spacial score (nSPS) is 12.4. The summed E-state index contributed by atoms with van der Waals surface area (Å²) in [6, 6.07) is 17.7. The zero-order valence-corrected chi connectivity index (χ0v) is 14.2. The van der Waals surface area contributed by atoms with Gasteiger partial charge in [-0.15, -0.1) is 0 Å². The summed E-state index contributed by atoms with van der Waals surface area (Å²) in [5.74, 6) is 0. The molecule has 0 spiro atoms. The third-order valence-electron chi connectivity index (χ3n) is 4.68. The molecule has 1 unspecified atom stereocenters. The molecule has 2 aromatic heterocycles. The van der Waals surface area contributed by atoms with Crippen LogP contribution in [0.25, 0.3) is 16.9 Å². The van der Waals surface area contributed by atoms with Crippen LogP contribution in [0.15, 0.2) is 67.0 Å². The van der Waals surface area contributed by atoms with Crippen LogP contribution in [0, 0.1) is 13.8 Å². The lowest BCUT2D eigenvalue weighted by atomic mass is 9.94. The number of benzene rings is 2. The van der Waals surface area contributed by atoms with Gasteiger partial charge in [-0.05, 0) is 48.2 Å². The highest BCUT2D eigenvalue weighted by atomic mass is 16.3. The zero-order valence-electron chi connectivity index (χ0n) is 14.2. The van der Waals surface area contributed by atoms with E-state index >= 15 is 0 Å². The minimum absolute atomic E-state index is 0.657. The summed E-state index contributed by atoms with van der Waals surface area (Å²) in [5, 5.41) is 15.4. The number of hydrogen-bond donors (Lipinski definition) is 1. The van der Waals surface area contributed by atoms with Crippen molar-refractivity contribution in [1.29, 1.82) is 0 Å². The van der Waals surface area contributed by atoms with E-state index in [1.165, 1.54) is 5.56 Å². The van der Waals surface area contributed by atoms with E-state index in [4.69, 9.17) is 0 Å². The van der Waals surface area contributed by atoms with Gasteiger partial charge in [-0.3, -0.25) is 0 Å². The predicted molar refractivity (Wildman–Crippen MR) is 98.4 cm³/mol. The van der Waals surface area contributed by atoms with Gasteiger partial charge in [0.1, 0.15) is 6.10 Å². The summed E-state index contributed by atoms with van der Waals surface area (Å²) in [6.45, 7) is 4.11. The van der Waals surface area contributed by atoms with Crippen LogP contribution in [-0.4, -0.2) is 19.7 Å². The molecule has 1 N–H and O–H groups in total. The molecule has 124 valence electrons. The summed E-state index contributed by atoms with van der Waals surface area (Å²) >= 11 is 0. The fourth-order valence-corrected chi connectivity index (χ4v) is 3.09. The topological polar surface area (TPSA) is 50.4 Å². The third kappa shape index (κ3) is 2.81. The monoisotopic (exact) mass is 329 g/mol. The number of aliphatic hydroxyl groups is 1. The van der Waals surface area contributed by atoms with Crippen LogP contribution in [0.3, 0.4) is 0 Å². The Bertz CT molecular complexity index is 1020. The first-order valence-corrected chi connectivity index (χ1v) is 8.28. The summed E-state index contributed by atoms with van der Waals surface area (Å²) < 4.78 is 1.75. The minimum Gasteiger partial charge on any atom is -0.384 e. The molecule has 0 aliphatic rings. The maximum atomic E-state index is 10.9. The molecule has 4 rings (SSSR count). The molecule has 0 bridgehead atoms. The maximum Gasteiger partial charge on any atom is 0.155 e. The largest absolute Gasteiger partial charge is 0.384 e. The average Bonchev–Trinajstić information content (AvgIpc) is 3.08. The van der Waals surface area contributed by atoms with Gasteiger partial charge in [-0.2, -0.15) is 5.10 Å². The van der Waals surface area contributed by atoms with E-state index in [2.05, 4.69) is 23.1 Å². The first kappa shape index (κ1) is 15.5. The van der Waals surface area contributed by atoms with Crippen molar-refractivity contribution in [3.8, 4) is 11.3 Å². The highest BCUT2D eigenvalue weighted by Gasteiger charge is 2.15. The Kier molecular flexibility index (Phi) is 3.82. The molecule has 0 amide bonds. The van der Waals surface area contributed by atoms with Crippen LogP contribution >= 0.6 is 0 Å². The Balaban J connectivity index is 1.75. The number of nitrogens with zero attached hydrogens (tertiary/aromatic N) is 3. The van der Waals surface area contributed by atoms with E-state index in [1.54, 1.807) is 10.7 Å². The van der Waals surface area contributed by atoms with Gasteiger partial charge in [0.25, 0.3) is 0 Å². The number of fused-ring (bicyclic) bond motifs is 1. The second kappa shape index (κ2) is 6.15. The molecule has 4 nitrogen and oxygen atoms in total. The zero-order chi connectivity index (χ0) is 17.4. The number of aromatic nitrogens is 3. The van der Waals surface area contributed by atoms with Gasteiger partial charge in [0.2, 0.25) is 0 Å². The molecule has 0 saturated heterocycles. The van der Waals surface area contributed by atoms with Crippen molar-refractivity contribution in [2.75, 3.05) is 0 Å². The second-order valence-electron chi connectivity index (χ2n) is 6.27. The van der Waals surface area contributed by atoms with Crippen LogP contribution in [0.4, 0.5) is 0 Å². The predicted octanol–water partition coefficient (Wildman–Crippen LogP) is 4.09. The summed E-state index contributed by atoms with van der Waals surface area (Å²) in [6.07, 6.45) is 2.97. The van der Waals surface area contributed by atoms with Crippen LogP contribution in [-0.2, 0) is 0 Å². The van der Waals surface area contributed by atoms with Crippen molar-refractivity contribution in [2.45, 2.75) is 20.0 Å². The first-order valence-electron chi connectivity index (χ1n) is 8.28. The molecule has 25 heavy (non-hydrogen) atoms. The van der Waals surface area contributed by atoms with E-state index in [1.807, 2.05) is 61.7 Å². The Morgan fingerprint density at radius 3 is 2.68 bits per heavy atom. The summed E-state index contributed by atoms with van der Waals surface area (Å²) in [7, 11) is 0. The van der Waals surface area contributed by atoms with Crippen molar-refractivity contribution < 1.29 is 5.11 Å². The van der Waals surface area contributed by atoms with Crippen molar-refractivity contribution in [3.05, 3.63) is 89.2 Å². The summed E-state index contributed by atoms with van der Waals surface area (Å²) in [4.78, 5) is 4.30. The van der Waals surface area contributed by atoms with Gasteiger partial charge in [-0.25, -0.2) is 9.50 Å². The van der Waals surface area contributed by atoms with E-state index in [0.717, 1.165) is 33.6 Å². The molecule has 2 aromatic carbocycles. The fourth-order valence-electron chi connectivity index (χ4n) is 3.09. The summed E-state index contributed by atoms with van der Waals surface area (Å²) in [5.41, 5.74) is 6.71. The van der Waals surface area contributed by atoms with Gasteiger partial charge < -0.3 is 5.11 Å². The lowest BCUT2D eigenvalue weighted by Gasteiger charge is -2.16. The van der Waals surface area contributed by atoms with E-state index in [9.17, 15) is 5.11 Å². The molecule has 0 radical (unpaired) electrons. The Morgan fingerprint density at radius 1 is 1.00 bits per heavy atom. The lowest BCUT2D eigenvalue weighted by molar-refractivity contribution is 0.219. The molecule has 1 atom stereocenters. The number of aliphatic hydroxyl groups excluding tert-OH is 1. The van der Waals surface area contributed by atoms with E-state index in [-0.39, 0.29) is 0 Å². The Hall–Kier alpha value is -2.98. The van der Waals surface area contributed by atoms with Gasteiger partial charge in [-0.1, -0.05) is 36.4 Å². The van der Waals surface area contributed by atoms with E-state index in [0.29, 0.717) is 0 Å². The highest BCUT2D eigenvalue weighted by molar-refractivity contribution is 5.65. The van der Waals surface area contributed by atoms with Gasteiger partial charge in [0.05, 0.1) is 5.69 Å². The SMILES string of the molecule is Cc1cccc(C(O)c2cccc(-c3cc4ncccn4n3)c2)c1C. The molecule has 2 heterocycles. The first-order chi connectivity index (χ1) is 12.1. The Labute approximate surface area is 146 Å². The number of hydrogen-bond acceptors (Lipinski definition) is 3. The van der Waals surface area contributed by atoms with Crippen LogP contribution in [0.1, 0.15) is 28.4 Å². The van der Waals surface area contributed by atoms with Crippen LogP contribution in [0.2, 0.25) is 0 Å². The number of rotatable bonds is 3. The molecule has 4 heteroatoms. The second-order valence-corrected chi connectivity index (χ2v) is 6.27. The van der Waals surface area contributed by atoms with E-state index < -0.39 is 6.10 Å². The molecular weight excluding hydrogens is 310 g/mol. The minimum atomic E-state index is -0.657. The Morgan fingerprint density at radius 2 is 1.84 bits per heavy atom. The highest BCUT2D eigenvalue weighted by Crippen LogP contribution is 2.29. The van der Waals surface area contributed by atoms with Crippen molar-refractivity contribution >= 4 is 5.65 Å². The van der Waals surface area contributed by atoms with Crippen molar-refractivity contribution in [2.24, 2.45) is 0 Å². The van der Waals surface area contributed by atoms with Gasteiger partial charge in [0, 0.05) is 24.0 Å². The van der Waals surface area contributed by atoms with Crippen molar-refractivity contribution in [1.82, 2.24) is 14.6 Å². The molecule has 4 aromatic rings. The fraction of sp³-hybridized carbons (Fsp3) is 0.143. The van der Waals surface area contributed by atoms with Crippen molar-refractivity contribution in [3.63, 3.8) is 0 Å². The molecular formula is C21H19N3O. The lowest BCUT2D eigenvalue weighted by Crippen LogP contribution is -2.03. The maximum absolute atomic E-state index is 10.9. The average molecular weight is 329 g/mol. The van der Waals surface area contributed by atoms with Crippen LogP contribution < -0.4 is 0 Å². The number of aryl methyl sites for hydroxylation is 1. The smallest absolute Gasteiger partial charge is 0.155 e. The molecule has 0 saturated carbocycles.